The van der Waals surface area contributed by atoms with Crippen LogP contribution in [0.2, 0.25) is 0 Å². The summed E-state index contributed by atoms with van der Waals surface area (Å²) in [6, 6.07) is 8.18. The summed E-state index contributed by atoms with van der Waals surface area (Å²) in [5, 5.41) is 18.1. The molecule has 0 spiro atoms. The van der Waals surface area contributed by atoms with Gasteiger partial charge in [-0.1, -0.05) is 37.6 Å². The van der Waals surface area contributed by atoms with Gasteiger partial charge < -0.3 is 10.2 Å². The van der Waals surface area contributed by atoms with Crippen LogP contribution in [0.25, 0.3) is 0 Å². The molecule has 1 aromatic rings. The Balaban J connectivity index is 2.62. The third-order valence-corrected chi connectivity index (χ3v) is 2.71. The van der Waals surface area contributed by atoms with Crippen LogP contribution in [0.4, 0.5) is 0 Å². The highest BCUT2D eigenvalue weighted by Gasteiger charge is 2.08. The Kier molecular flexibility index (Phi) is 5.37. The summed E-state index contributed by atoms with van der Waals surface area (Å²) in [6.45, 7) is 2.19. The van der Waals surface area contributed by atoms with E-state index in [0.29, 0.717) is 0 Å². The molecule has 0 amide bonds. The van der Waals surface area contributed by atoms with Crippen molar-refractivity contribution in [3.63, 3.8) is 0 Å². The largest absolute Gasteiger partial charge is 0.396 e. The summed E-state index contributed by atoms with van der Waals surface area (Å²) in [4.78, 5) is 0. The van der Waals surface area contributed by atoms with Gasteiger partial charge in [-0.15, -0.1) is 0 Å². The monoisotopic (exact) mass is 208 g/mol. The summed E-state index contributed by atoms with van der Waals surface area (Å²) < 4.78 is 0. The van der Waals surface area contributed by atoms with Crippen LogP contribution < -0.4 is 0 Å². The van der Waals surface area contributed by atoms with E-state index in [0.717, 1.165) is 12.0 Å². The van der Waals surface area contributed by atoms with Crippen LogP contribution in [-0.2, 0) is 6.42 Å². The summed E-state index contributed by atoms with van der Waals surface area (Å²) in [6.07, 6.45) is 3.53. The average molecular weight is 208 g/mol. The fourth-order valence-electron chi connectivity index (χ4n) is 1.61. The SMILES string of the molecule is CCCCc1ccc(C(CO)CO)cc1. The van der Waals surface area contributed by atoms with Crippen LogP contribution in [-0.4, -0.2) is 23.4 Å². The van der Waals surface area contributed by atoms with E-state index in [9.17, 15) is 0 Å². The number of benzene rings is 1. The smallest absolute Gasteiger partial charge is 0.0521 e. The van der Waals surface area contributed by atoms with Crippen LogP contribution in [0.5, 0.6) is 0 Å². The van der Waals surface area contributed by atoms with Gasteiger partial charge in [-0.05, 0) is 24.0 Å². The molecule has 0 aliphatic heterocycles. The second-order valence-corrected chi connectivity index (χ2v) is 3.91. The molecule has 1 rings (SSSR count). The van der Waals surface area contributed by atoms with Crippen molar-refractivity contribution in [1.82, 2.24) is 0 Å². The lowest BCUT2D eigenvalue weighted by Crippen LogP contribution is -2.08. The number of hydrogen-bond acceptors (Lipinski definition) is 2. The molecule has 0 aliphatic carbocycles. The minimum absolute atomic E-state index is 0.00477. The fourth-order valence-corrected chi connectivity index (χ4v) is 1.61. The highest BCUT2D eigenvalue weighted by molar-refractivity contribution is 5.25. The Bertz CT molecular complexity index is 262. The minimum atomic E-state index is -0.134. The van der Waals surface area contributed by atoms with Crippen LogP contribution in [0, 0.1) is 0 Å². The van der Waals surface area contributed by atoms with E-state index in [-0.39, 0.29) is 19.1 Å². The molecule has 0 saturated carbocycles. The quantitative estimate of drug-likeness (QED) is 0.751. The molecule has 2 heteroatoms. The zero-order valence-corrected chi connectivity index (χ0v) is 9.32. The van der Waals surface area contributed by atoms with Gasteiger partial charge in [0, 0.05) is 5.92 Å². The summed E-state index contributed by atoms with van der Waals surface area (Å²) >= 11 is 0. The number of unbranched alkanes of at least 4 members (excludes halogenated alkanes) is 1. The first-order chi connectivity index (χ1) is 7.31. The molecule has 0 heterocycles. The number of aliphatic hydroxyl groups excluding tert-OH is 2. The van der Waals surface area contributed by atoms with Crippen molar-refractivity contribution in [3.05, 3.63) is 35.4 Å². The van der Waals surface area contributed by atoms with Gasteiger partial charge in [-0.3, -0.25) is 0 Å². The summed E-state index contributed by atoms with van der Waals surface area (Å²) in [7, 11) is 0. The first-order valence-electron chi connectivity index (χ1n) is 5.62. The van der Waals surface area contributed by atoms with E-state index >= 15 is 0 Å². The zero-order valence-electron chi connectivity index (χ0n) is 9.32. The second-order valence-electron chi connectivity index (χ2n) is 3.91. The van der Waals surface area contributed by atoms with E-state index < -0.39 is 0 Å². The maximum atomic E-state index is 9.03. The van der Waals surface area contributed by atoms with E-state index in [2.05, 4.69) is 19.1 Å². The van der Waals surface area contributed by atoms with Gasteiger partial charge in [-0.25, -0.2) is 0 Å². The standard InChI is InChI=1S/C13H20O2/c1-2-3-4-11-5-7-12(8-6-11)13(9-14)10-15/h5-8,13-15H,2-4,9-10H2,1H3. The molecule has 0 unspecified atom stereocenters. The molecule has 1 aromatic carbocycles. The van der Waals surface area contributed by atoms with Gasteiger partial charge in [0.05, 0.1) is 13.2 Å². The average Bonchev–Trinajstić information content (AvgIpc) is 2.29. The molecule has 2 nitrogen and oxygen atoms in total. The number of aryl methyl sites for hydroxylation is 1. The third kappa shape index (κ3) is 3.65. The highest BCUT2D eigenvalue weighted by Crippen LogP contribution is 2.16. The molecule has 0 aromatic heterocycles. The first kappa shape index (κ1) is 12.2. The Morgan fingerprint density at radius 1 is 1.07 bits per heavy atom. The Morgan fingerprint density at radius 3 is 2.13 bits per heavy atom. The van der Waals surface area contributed by atoms with Gasteiger partial charge in [0.15, 0.2) is 0 Å². The van der Waals surface area contributed by atoms with Gasteiger partial charge in [0.25, 0.3) is 0 Å². The van der Waals surface area contributed by atoms with E-state index in [4.69, 9.17) is 10.2 Å². The van der Waals surface area contributed by atoms with Crippen molar-refractivity contribution < 1.29 is 10.2 Å². The molecule has 0 saturated heterocycles. The second kappa shape index (κ2) is 6.59. The molecule has 0 bridgehead atoms. The predicted molar refractivity (Wildman–Crippen MR) is 62.0 cm³/mol. The molecule has 15 heavy (non-hydrogen) atoms. The van der Waals surface area contributed by atoms with Crippen LogP contribution in [0.15, 0.2) is 24.3 Å². The molecular weight excluding hydrogens is 188 g/mol. The van der Waals surface area contributed by atoms with Crippen molar-refractivity contribution in [2.24, 2.45) is 0 Å². The number of aliphatic hydroxyl groups is 2. The maximum absolute atomic E-state index is 9.03. The lowest BCUT2D eigenvalue weighted by atomic mass is 9.98. The Morgan fingerprint density at radius 2 is 1.67 bits per heavy atom. The maximum Gasteiger partial charge on any atom is 0.0521 e. The van der Waals surface area contributed by atoms with Crippen molar-refractivity contribution in [2.45, 2.75) is 32.1 Å². The molecule has 0 fully saturated rings. The van der Waals surface area contributed by atoms with Gasteiger partial charge in [0.1, 0.15) is 0 Å². The molecule has 84 valence electrons. The van der Waals surface area contributed by atoms with Crippen molar-refractivity contribution in [2.75, 3.05) is 13.2 Å². The van der Waals surface area contributed by atoms with Crippen molar-refractivity contribution >= 4 is 0 Å². The lowest BCUT2D eigenvalue weighted by Gasteiger charge is -2.11. The van der Waals surface area contributed by atoms with Crippen molar-refractivity contribution in [1.29, 1.82) is 0 Å². The normalized spacial score (nSPS) is 10.9. The molecular formula is C13H20O2. The minimum Gasteiger partial charge on any atom is -0.396 e. The predicted octanol–water partition coefficient (Wildman–Crippen LogP) is 2.10. The fraction of sp³-hybridized carbons (Fsp3) is 0.538. The van der Waals surface area contributed by atoms with E-state index in [1.54, 1.807) is 0 Å². The van der Waals surface area contributed by atoms with Crippen LogP contribution >= 0.6 is 0 Å². The summed E-state index contributed by atoms with van der Waals surface area (Å²) in [5.74, 6) is -0.134. The highest BCUT2D eigenvalue weighted by atomic mass is 16.3. The van der Waals surface area contributed by atoms with E-state index in [1.165, 1.54) is 18.4 Å². The topological polar surface area (TPSA) is 40.5 Å². The van der Waals surface area contributed by atoms with Crippen LogP contribution in [0.3, 0.4) is 0 Å². The molecule has 0 atom stereocenters. The molecule has 0 radical (unpaired) electrons. The first-order valence-corrected chi connectivity index (χ1v) is 5.62. The van der Waals surface area contributed by atoms with Gasteiger partial charge in [-0.2, -0.15) is 0 Å². The number of rotatable bonds is 6. The van der Waals surface area contributed by atoms with Crippen molar-refractivity contribution in [3.8, 4) is 0 Å². The van der Waals surface area contributed by atoms with E-state index in [1.807, 2.05) is 12.1 Å². The number of hydrogen-bond donors (Lipinski definition) is 2. The third-order valence-electron chi connectivity index (χ3n) is 2.71. The lowest BCUT2D eigenvalue weighted by molar-refractivity contribution is 0.192. The zero-order chi connectivity index (χ0) is 11.1. The Labute approximate surface area is 91.6 Å². The Hall–Kier alpha value is -0.860. The van der Waals surface area contributed by atoms with Gasteiger partial charge in [0.2, 0.25) is 0 Å². The van der Waals surface area contributed by atoms with Crippen LogP contribution in [0.1, 0.15) is 36.8 Å². The van der Waals surface area contributed by atoms with Gasteiger partial charge >= 0.3 is 0 Å². The molecule has 0 aliphatic rings. The molecule has 2 N–H and O–H groups in total. The summed E-state index contributed by atoms with van der Waals surface area (Å²) in [5.41, 5.74) is 2.34.